The normalized spacial score (nSPS) is 14.0. The number of nitrogens with zero attached hydrogens (tertiary/aromatic N) is 7. The first-order valence-electron chi connectivity index (χ1n) is 9.07. The lowest BCUT2D eigenvalue weighted by atomic mass is 10.2. The number of hydrogen-bond donors (Lipinski definition) is 1. The fourth-order valence-electron chi connectivity index (χ4n) is 2.98. The Hall–Kier alpha value is -3.62. The zero-order valence-electron chi connectivity index (χ0n) is 15.3. The Balaban J connectivity index is 1.31. The molecule has 0 atom stereocenters. The molecule has 142 valence electrons. The van der Waals surface area contributed by atoms with Crippen molar-refractivity contribution in [3.8, 4) is 0 Å². The summed E-state index contributed by atoms with van der Waals surface area (Å²) in [5, 5.41) is 11.2. The fourth-order valence-corrected chi connectivity index (χ4v) is 2.98. The number of pyridine rings is 1. The number of piperazine rings is 1. The molecule has 1 aliphatic heterocycles. The number of hydrogen-bond acceptors (Lipinski definition) is 8. The van der Waals surface area contributed by atoms with Crippen molar-refractivity contribution < 1.29 is 4.79 Å². The van der Waals surface area contributed by atoms with E-state index in [2.05, 4.69) is 40.3 Å². The lowest BCUT2D eigenvalue weighted by molar-refractivity contribution is 0.0945. The van der Waals surface area contributed by atoms with Crippen LogP contribution in [0.25, 0.3) is 0 Å². The highest BCUT2D eigenvalue weighted by atomic mass is 16.1. The minimum Gasteiger partial charge on any atom is -0.352 e. The largest absolute Gasteiger partial charge is 0.352 e. The van der Waals surface area contributed by atoms with Crippen LogP contribution in [-0.4, -0.2) is 57.2 Å². The Bertz CT molecular complexity index is 896. The average Bonchev–Trinajstić information content (AvgIpc) is 2.79. The Labute approximate surface area is 162 Å². The van der Waals surface area contributed by atoms with Crippen molar-refractivity contribution in [1.29, 1.82) is 0 Å². The molecule has 1 saturated heterocycles. The van der Waals surface area contributed by atoms with Gasteiger partial charge in [0.15, 0.2) is 11.5 Å². The predicted molar refractivity (Wildman–Crippen MR) is 104 cm³/mol. The third-order valence-corrected chi connectivity index (χ3v) is 4.52. The van der Waals surface area contributed by atoms with Crippen LogP contribution in [0.5, 0.6) is 0 Å². The molecule has 1 fully saturated rings. The van der Waals surface area contributed by atoms with Crippen molar-refractivity contribution in [3.63, 3.8) is 0 Å². The molecule has 9 heteroatoms. The summed E-state index contributed by atoms with van der Waals surface area (Å²) < 4.78 is 0. The van der Waals surface area contributed by atoms with Gasteiger partial charge < -0.3 is 15.1 Å². The van der Waals surface area contributed by atoms with E-state index in [1.807, 2.05) is 24.3 Å². The Morgan fingerprint density at radius 1 is 0.893 bits per heavy atom. The first-order chi connectivity index (χ1) is 13.8. The minimum absolute atomic E-state index is 0.248. The zero-order valence-corrected chi connectivity index (χ0v) is 15.3. The third-order valence-electron chi connectivity index (χ3n) is 4.52. The highest BCUT2D eigenvalue weighted by Gasteiger charge is 2.20. The van der Waals surface area contributed by atoms with Crippen molar-refractivity contribution >= 4 is 17.7 Å². The lowest BCUT2D eigenvalue weighted by Gasteiger charge is -2.35. The van der Waals surface area contributed by atoms with Crippen molar-refractivity contribution in [3.05, 3.63) is 66.4 Å². The van der Waals surface area contributed by atoms with Crippen LogP contribution in [0.2, 0.25) is 0 Å². The molecule has 0 unspecified atom stereocenters. The van der Waals surface area contributed by atoms with Gasteiger partial charge in [0.05, 0.1) is 0 Å². The van der Waals surface area contributed by atoms with Crippen molar-refractivity contribution in [2.45, 2.75) is 6.54 Å². The van der Waals surface area contributed by atoms with Gasteiger partial charge in [-0.05, 0) is 35.9 Å². The second-order valence-corrected chi connectivity index (χ2v) is 6.34. The molecule has 0 bridgehead atoms. The molecule has 4 heterocycles. The molecule has 0 saturated carbocycles. The first-order valence-corrected chi connectivity index (χ1v) is 9.07. The van der Waals surface area contributed by atoms with Gasteiger partial charge in [0.25, 0.3) is 5.91 Å². The van der Waals surface area contributed by atoms with E-state index in [4.69, 9.17) is 0 Å². The van der Waals surface area contributed by atoms with Crippen molar-refractivity contribution in [1.82, 2.24) is 30.5 Å². The SMILES string of the molecule is O=C(NCc1ccncc1)c1ccc(N2CCN(c3ncccn3)CC2)nn1. The molecule has 3 aromatic rings. The summed E-state index contributed by atoms with van der Waals surface area (Å²) in [6.07, 6.45) is 6.89. The predicted octanol–water partition coefficient (Wildman–Crippen LogP) is 0.918. The van der Waals surface area contributed by atoms with E-state index in [0.717, 1.165) is 43.5 Å². The minimum atomic E-state index is -0.248. The second kappa shape index (κ2) is 8.38. The maximum Gasteiger partial charge on any atom is 0.272 e. The van der Waals surface area contributed by atoms with Crippen LogP contribution >= 0.6 is 0 Å². The van der Waals surface area contributed by atoms with Crippen LogP contribution in [0.15, 0.2) is 55.1 Å². The summed E-state index contributed by atoms with van der Waals surface area (Å²) in [5.41, 5.74) is 1.28. The van der Waals surface area contributed by atoms with Gasteiger partial charge in [-0.3, -0.25) is 9.78 Å². The number of rotatable bonds is 5. The Morgan fingerprint density at radius 3 is 2.29 bits per heavy atom. The van der Waals surface area contributed by atoms with Crippen LogP contribution in [0, 0.1) is 0 Å². The molecule has 1 amide bonds. The van der Waals surface area contributed by atoms with Crippen molar-refractivity contribution in [2.75, 3.05) is 36.0 Å². The molecular formula is C19H20N8O. The summed E-state index contributed by atoms with van der Waals surface area (Å²) >= 11 is 0. The molecule has 0 aromatic carbocycles. The average molecular weight is 376 g/mol. The van der Waals surface area contributed by atoms with Gasteiger partial charge in [-0.15, -0.1) is 10.2 Å². The second-order valence-electron chi connectivity index (χ2n) is 6.34. The van der Waals surface area contributed by atoms with Crippen LogP contribution in [0.1, 0.15) is 16.1 Å². The standard InChI is InChI=1S/C19H20N8O/c28-18(23-14-15-4-8-20-9-5-15)16-2-3-17(25-24-16)26-10-12-27(13-11-26)19-21-6-1-7-22-19/h1-9H,10-14H2,(H,23,28). The number of nitrogens with one attached hydrogen (secondary N) is 1. The monoisotopic (exact) mass is 376 g/mol. The lowest BCUT2D eigenvalue weighted by Crippen LogP contribution is -2.47. The van der Waals surface area contributed by atoms with Crippen LogP contribution in [0.4, 0.5) is 11.8 Å². The summed E-state index contributed by atoms with van der Waals surface area (Å²) in [5.74, 6) is 1.26. The molecule has 3 aromatic heterocycles. The highest BCUT2D eigenvalue weighted by molar-refractivity contribution is 5.92. The number of aromatic nitrogens is 5. The summed E-state index contributed by atoms with van der Waals surface area (Å²) in [6, 6.07) is 9.06. The maximum absolute atomic E-state index is 12.2. The van der Waals surface area contributed by atoms with Gasteiger partial charge >= 0.3 is 0 Å². The van der Waals surface area contributed by atoms with Gasteiger partial charge in [0.1, 0.15) is 0 Å². The number of carbonyl (C=O) groups excluding carboxylic acids is 1. The van der Waals surface area contributed by atoms with E-state index in [0.29, 0.717) is 12.2 Å². The quantitative estimate of drug-likeness (QED) is 0.702. The smallest absolute Gasteiger partial charge is 0.272 e. The van der Waals surface area contributed by atoms with E-state index in [1.165, 1.54) is 0 Å². The third kappa shape index (κ3) is 4.20. The van der Waals surface area contributed by atoms with Crippen LogP contribution < -0.4 is 15.1 Å². The summed E-state index contributed by atoms with van der Waals surface area (Å²) in [6.45, 7) is 3.62. The van der Waals surface area contributed by atoms with Crippen molar-refractivity contribution in [2.24, 2.45) is 0 Å². The number of carbonyl (C=O) groups is 1. The molecular weight excluding hydrogens is 356 g/mol. The molecule has 1 aliphatic rings. The molecule has 9 nitrogen and oxygen atoms in total. The van der Waals surface area contributed by atoms with E-state index in [-0.39, 0.29) is 5.91 Å². The van der Waals surface area contributed by atoms with Gasteiger partial charge in [0, 0.05) is 57.5 Å². The van der Waals surface area contributed by atoms with E-state index in [1.54, 1.807) is 30.9 Å². The topological polar surface area (TPSA) is 100 Å². The highest BCUT2D eigenvalue weighted by Crippen LogP contribution is 2.15. The van der Waals surface area contributed by atoms with Gasteiger partial charge in [0.2, 0.25) is 5.95 Å². The summed E-state index contributed by atoms with van der Waals surface area (Å²) in [7, 11) is 0. The fraction of sp³-hybridized carbons (Fsp3) is 0.263. The van der Waals surface area contributed by atoms with Gasteiger partial charge in [-0.2, -0.15) is 0 Å². The first kappa shape index (κ1) is 17.8. The molecule has 1 N–H and O–H groups in total. The molecule has 28 heavy (non-hydrogen) atoms. The molecule has 0 radical (unpaired) electrons. The van der Waals surface area contributed by atoms with E-state index in [9.17, 15) is 4.79 Å². The summed E-state index contributed by atoms with van der Waals surface area (Å²) in [4.78, 5) is 29.1. The Morgan fingerprint density at radius 2 is 1.61 bits per heavy atom. The van der Waals surface area contributed by atoms with E-state index < -0.39 is 0 Å². The molecule has 0 spiro atoms. The number of anilines is 2. The van der Waals surface area contributed by atoms with Gasteiger partial charge in [-0.25, -0.2) is 9.97 Å². The zero-order chi connectivity index (χ0) is 19.2. The molecule has 0 aliphatic carbocycles. The molecule has 4 rings (SSSR count). The van der Waals surface area contributed by atoms with E-state index >= 15 is 0 Å². The van der Waals surface area contributed by atoms with Crippen LogP contribution in [-0.2, 0) is 6.54 Å². The maximum atomic E-state index is 12.2. The van der Waals surface area contributed by atoms with Crippen LogP contribution in [0.3, 0.4) is 0 Å². The van der Waals surface area contributed by atoms with Gasteiger partial charge in [-0.1, -0.05) is 0 Å². The Kier molecular flexibility index (Phi) is 5.32. The number of amides is 1.